The first-order chi connectivity index (χ1) is 9.81. The van der Waals surface area contributed by atoms with Gasteiger partial charge in [0.1, 0.15) is 5.75 Å². The molecule has 0 unspecified atom stereocenters. The molecule has 0 heterocycles. The van der Waals surface area contributed by atoms with Gasteiger partial charge in [-0.15, -0.1) is 0 Å². The predicted molar refractivity (Wildman–Crippen MR) is 83.8 cm³/mol. The fourth-order valence-electron chi connectivity index (χ4n) is 2.58. The molecule has 0 spiro atoms. The molecule has 1 aliphatic rings. The highest BCUT2D eigenvalue weighted by Crippen LogP contribution is 2.40. The van der Waals surface area contributed by atoms with Crippen LogP contribution in [0.4, 0.5) is 18.9 Å². The Morgan fingerprint density at radius 1 is 1.10 bits per heavy atom. The standard InChI is InChI=1S/C14H16Br2F3NO/c1-21-13-7-12(10(15)6-11(13)16)20-9-4-2-8(3-5-9)14(17,18)19/h6-9,20H,2-5H2,1H3. The van der Waals surface area contributed by atoms with Crippen molar-refractivity contribution in [2.24, 2.45) is 5.92 Å². The SMILES string of the molecule is COc1cc(NC2CCC(C(F)(F)F)CC2)c(Br)cc1Br. The molecule has 0 bridgehead atoms. The van der Waals surface area contributed by atoms with E-state index in [0.717, 1.165) is 14.6 Å². The van der Waals surface area contributed by atoms with Crippen molar-refractivity contribution in [2.75, 3.05) is 12.4 Å². The average Bonchev–Trinajstić information content (AvgIpc) is 2.41. The van der Waals surface area contributed by atoms with Crippen LogP contribution in [-0.4, -0.2) is 19.3 Å². The third kappa shape index (κ3) is 4.28. The van der Waals surface area contributed by atoms with E-state index in [9.17, 15) is 13.2 Å². The summed E-state index contributed by atoms with van der Waals surface area (Å²) < 4.78 is 44.9. The molecule has 2 nitrogen and oxygen atoms in total. The summed E-state index contributed by atoms with van der Waals surface area (Å²) in [6.07, 6.45) is -2.64. The highest BCUT2D eigenvalue weighted by atomic mass is 79.9. The Morgan fingerprint density at radius 3 is 2.24 bits per heavy atom. The summed E-state index contributed by atoms with van der Waals surface area (Å²) in [4.78, 5) is 0. The second kappa shape index (κ2) is 6.77. The van der Waals surface area contributed by atoms with E-state index in [-0.39, 0.29) is 18.9 Å². The van der Waals surface area contributed by atoms with Gasteiger partial charge in [-0.3, -0.25) is 0 Å². The Labute approximate surface area is 138 Å². The van der Waals surface area contributed by atoms with Gasteiger partial charge in [-0.05, 0) is 63.6 Å². The van der Waals surface area contributed by atoms with Crippen LogP contribution in [-0.2, 0) is 0 Å². The van der Waals surface area contributed by atoms with Crippen LogP contribution in [0.3, 0.4) is 0 Å². The van der Waals surface area contributed by atoms with Crippen molar-refractivity contribution in [3.05, 3.63) is 21.1 Å². The van der Waals surface area contributed by atoms with Crippen molar-refractivity contribution in [3.63, 3.8) is 0 Å². The van der Waals surface area contributed by atoms with Crippen LogP contribution in [0.2, 0.25) is 0 Å². The molecule has 21 heavy (non-hydrogen) atoms. The van der Waals surface area contributed by atoms with Gasteiger partial charge in [0.15, 0.2) is 0 Å². The second-order valence-corrected chi connectivity index (χ2v) is 6.91. The van der Waals surface area contributed by atoms with Crippen molar-refractivity contribution in [2.45, 2.75) is 37.9 Å². The summed E-state index contributed by atoms with van der Waals surface area (Å²) in [7, 11) is 1.58. The number of hydrogen-bond donors (Lipinski definition) is 1. The maximum atomic E-state index is 12.7. The smallest absolute Gasteiger partial charge is 0.391 e. The Hall–Kier alpha value is -0.430. The second-order valence-electron chi connectivity index (χ2n) is 5.20. The average molecular weight is 431 g/mol. The maximum absolute atomic E-state index is 12.7. The van der Waals surface area contributed by atoms with Gasteiger partial charge in [-0.25, -0.2) is 0 Å². The van der Waals surface area contributed by atoms with E-state index in [1.54, 1.807) is 7.11 Å². The van der Waals surface area contributed by atoms with Gasteiger partial charge in [0.05, 0.1) is 23.2 Å². The van der Waals surface area contributed by atoms with Gasteiger partial charge in [0, 0.05) is 16.6 Å². The number of anilines is 1. The van der Waals surface area contributed by atoms with Crippen LogP contribution >= 0.6 is 31.9 Å². The molecular formula is C14H16Br2F3NO. The van der Waals surface area contributed by atoms with E-state index in [1.807, 2.05) is 12.1 Å². The van der Waals surface area contributed by atoms with Crippen molar-refractivity contribution in [3.8, 4) is 5.75 Å². The summed E-state index contributed by atoms with van der Waals surface area (Å²) in [6, 6.07) is 3.76. The number of benzene rings is 1. The summed E-state index contributed by atoms with van der Waals surface area (Å²) in [6.45, 7) is 0. The number of nitrogens with one attached hydrogen (secondary N) is 1. The van der Waals surface area contributed by atoms with Crippen molar-refractivity contribution >= 4 is 37.5 Å². The zero-order chi connectivity index (χ0) is 15.6. The lowest BCUT2D eigenvalue weighted by molar-refractivity contribution is -0.182. The van der Waals surface area contributed by atoms with E-state index >= 15 is 0 Å². The Balaban J connectivity index is 2.01. The van der Waals surface area contributed by atoms with Crippen LogP contribution < -0.4 is 10.1 Å². The highest BCUT2D eigenvalue weighted by Gasteiger charge is 2.41. The van der Waals surface area contributed by atoms with Crippen molar-refractivity contribution in [1.29, 1.82) is 0 Å². The normalized spacial score (nSPS) is 23.0. The quantitative estimate of drug-likeness (QED) is 0.658. The van der Waals surface area contributed by atoms with Crippen molar-refractivity contribution in [1.82, 2.24) is 0 Å². The molecule has 0 aromatic heterocycles. The minimum absolute atomic E-state index is 0.0609. The lowest BCUT2D eigenvalue weighted by Crippen LogP contribution is -2.32. The van der Waals surface area contributed by atoms with E-state index in [0.29, 0.717) is 18.6 Å². The number of methoxy groups -OCH3 is 1. The van der Waals surface area contributed by atoms with Gasteiger partial charge in [0.2, 0.25) is 0 Å². The maximum Gasteiger partial charge on any atom is 0.391 e. The number of rotatable bonds is 3. The number of halogens is 5. The predicted octanol–water partition coefficient (Wildman–Crippen LogP) is 5.75. The number of ether oxygens (including phenoxy) is 1. The summed E-state index contributed by atoms with van der Waals surface area (Å²) >= 11 is 6.84. The van der Waals surface area contributed by atoms with E-state index in [4.69, 9.17) is 4.74 Å². The van der Waals surface area contributed by atoms with Gasteiger partial charge >= 0.3 is 6.18 Å². The molecule has 1 aliphatic carbocycles. The third-order valence-corrected chi connectivity index (χ3v) is 5.07. The van der Waals surface area contributed by atoms with Gasteiger partial charge < -0.3 is 10.1 Å². The van der Waals surface area contributed by atoms with Gasteiger partial charge in [0.25, 0.3) is 0 Å². The number of hydrogen-bond acceptors (Lipinski definition) is 2. The van der Waals surface area contributed by atoms with Gasteiger partial charge in [-0.1, -0.05) is 0 Å². The summed E-state index contributed by atoms with van der Waals surface area (Å²) in [5, 5.41) is 3.31. The Bertz CT molecular complexity index is 500. The first-order valence-electron chi connectivity index (χ1n) is 6.67. The molecule has 1 aromatic carbocycles. The molecule has 1 N–H and O–H groups in total. The van der Waals surface area contributed by atoms with Gasteiger partial charge in [-0.2, -0.15) is 13.2 Å². The molecule has 7 heteroatoms. The van der Waals surface area contributed by atoms with E-state index in [1.165, 1.54) is 0 Å². The summed E-state index contributed by atoms with van der Waals surface area (Å²) in [5.74, 6) is -0.469. The largest absolute Gasteiger partial charge is 0.495 e. The van der Waals surface area contributed by atoms with Crippen LogP contribution in [0.25, 0.3) is 0 Å². The first-order valence-corrected chi connectivity index (χ1v) is 8.26. The van der Waals surface area contributed by atoms with E-state index in [2.05, 4.69) is 37.2 Å². The number of alkyl halides is 3. The Morgan fingerprint density at radius 2 is 1.71 bits per heavy atom. The van der Waals surface area contributed by atoms with Crippen LogP contribution in [0.5, 0.6) is 5.75 Å². The molecule has 2 rings (SSSR count). The molecule has 0 saturated heterocycles. The fourth-order valence-corrected chi connectivity index (χ4v) is 3.85. The minimum atomic E-state index is -4.06. The minimum Gasteiger partial charge on any atom is -0.495 e. The highest BCUT2D eigenvalue weighted by molar-refractivity contribution is 9.11. The lowest BCUT2D eigenvalue weighted by atomic mass is 9.85. The molecule has 1 aromatic rings. The third-order valence-electron chi connectivity index (χ3n) is 3.79. The molecule has 0 amide bonds. The van der Waals surface area contributed by atoms with Crippen LogP contribution in [0.1, 0.15) is 25.7 Å². The summed E-state index contributed by atoms with van der Waals surface area (Å²) in [5.41, 5.74) is 0.838. The first kappa shape index (κ1) is 16.9. The molecule has 0 radical (unpaired) electrons. The fraction of sp³-hybridized carbons (Fsp3) is 0.571. The zero-order valence-corrected chi connectivity index (χ0v) is 14.6. The molecular weight excluding hydrogens is 415 g/mol. The Kier molecular flexibility index (Phi) is 5.46. The molecule has 1 fully saturated rings. The molecule has 118 valence electrons. The van der Waals surface area contributed by atoms with Crippen molar-refractivity contribution < 1.29 is 17.9 Å². The lowest BCUT2D eigenvalue weighted by Gasteiger charge is -2.31. The van der Waals surface area contributed by atoms with Crippen LogP contribution in [0.15, 0.2) is 21.1 Å². The van der Waals surface area contributed by atoms with E-state index < -0.39 is 12.1 Å². The molecule has 1 saturated carbocycles. The van der Waals surface area contributed by atoms with Crippen LogP contribution in [0, 0.1) is 5.92 Å². The molecule has 0 aliphatic heterocycles. The monoisotopic (exact) mass is 429 g/mol. The topological polar surface area (TPSA) is 21.3 Å². The zero-order valence-electron chi connectivity index (χ0n) is 11.4. The molecule has 0 atom stereocenters.